The highest BCUT2D eigenvalue weighted by Crippen LogP contribution is 2.37. The smallest absolute Gasteiger partial charge is 0.426 e. The fraction of sp³-hybridized carbons (Fsp3) is 0.435. The van der Waals surface area contributed by atoms with Crippen LogP contribution in [0.1, 0.15) is 76.1 Å². The molecule has 0 heterocycles. The van der Waals surface area contributed by atoms with Gasteiger partial charge in [0.15, 0.2) is 0 Å². The van der Waals surface area contributed by atoms with E-state index in [0.717, 1.165) is 5.56 Å². The fourth-order valence-corrected chi connectivity index (χ4v) is 5.02. The SMILES string of the molecule is CC(C)c1cccc(C(C)C)c1N(C(=O)O)S(=O)(=O)NC(c1ccccc1)C(C)C. The van der Waals surface area contributed by atoms with Gasteiger partial charge in [-0.1, -0.05) is 90.1 Å². The van der Waals surface area contributed by atoms with Crippen LogP contribution in [0.4, 0.5) is 10.5 Å². The number of rotatable bonds is 8. The maximum Gasteiger partial charge on any atom is 0.426 e. The zero-order valence-corrected chi connectivity index (χ0v) is 19.3. The highest BCUT2D eigenvalue weighted by molar-refractivity contribution is 7.91. The van der Waals surface area contributed by atoms with Crippen molar-refractivity contribution in [3.8, 4) is 0 Å². The minimum absolute atomic E-state index is 0.0502. The number of benzene rings is 2. The minimum atomic E-state index is -4.40. The van der Waals surface area contributed by atoms with E-state index in [1.54, 1.807) is 12.1 Å². The number of nitrogens with zero attached hydrogens (tertiary/aromatic N) is 1. The Balaban J connectivity index is 2.64. The molecule has 0 saturated heterocycles. The maximum atomic E-state index is 13.4. The summed E-state index contributed by atoms with van der Waals surface area (Å²) in [5.74, 6) is -0.181. The summed E-state index contributed by atoms with van der Waals surface area (Å²) in [6.07, 6.45) is -1.53. The average molecular weight is 433 g/mol. The predicted molar refractivity (Wildman–Crippen MR) is 121 cm³/mol. The van der Waals surface area contributed by atoms with Gasteiger partial charge < -0.3 is 5.11 Å². The second kappa shape index (κ2) is 9.62. The largest absolute Gasteiger partial charge is 0.464 e. The van der Waals surface area contributed by atoms with E-state index in [2.05, 4.69) is 4.72 Å². The number of nitrogens with one attached hydrogen (secondary N) is 1. The molecule has 0 aliphatic rings. The highest BCUT2D eigenvalue weighted by Gasteiger charge is 2.36. The summed E-state index contributed by atoms with van der Waals surface area (Å²) in [6, 6.07) is 14.0. The van der Waals surface area contributed by atoms with E-state index in [1.807, 2.05) is 77.9 Å². The molecule has 0 aliphatic heterocycles. The van der Waals surface area contributed by atoms with Crippen molar-refractivity contribution >= 4 is 22.0 Å². The summed E-state index contributed by atoms with van der Waals surface area (Å²) in [5, 5.41) is 10.0. The maximum absolute atomic E-state index is 13.4. The van der Waals surface area contributed by atoms with Gasteiger partial charge in [0.2, 0.25) is 0 Å². The molecule has 2 aromatic rings. The Morgan fingerprint density at radius 2 is 1.37 bits per heavy atom. The molecule has 2 rings (SSSR count). The van der Waals surface area contributed by atoms with Crippen LogP contribution in [0, 0.1) is 5.92 Å². The van der Waals surface area contributed by atoms with Gasteiger partial charge in [0.05, 0.1) is 11.7 Å². The topological polar surface area (TPSA) is 86.7 Å². The van der Waals surface area contributed by atoms with Crippen LogP contribution < -0.4 is 9.03 Å². The van der Waals surface area contributed by atoms with Gasteiger partial charge >= 0.3 is 16.3 Å². The lowest BCUT2D eigenvalue weighted by molar-refractivity contribution is 0.206. The molecule has 30 heavy (non-hydrogen) atoms. The van der Waals surface area contributed by atoms with Crippen LogP contribution in [0.5, 0.6) is 0 Å². The Kier molecular flexibility index (Phi) is 7.66. The first kappa shape index (κ1) is 23.9. The third kappa shape index (κ3) is 5.21. The first-order chi connectivity index (χ1) is 14.0. The van der Waals surface area contributed by atoms with Crippen molar-refractivity contribution < 1.29 is 18.3 Å². The molecule has 1 unspecified atom stereocenters. The predicted octanol–water partition coefficient (Wildman–Crippen LogP) is 5.65. The van der Waals surface area contributed by atoms with Crippen LogP contribution in [0.15, 0.2) is 48.5 Å². The lowest BCUT2D eigenvalue weighted by atomic mass is 9.93. The Bertz CT molecular complexity index is 944. The second-order valence-electron chi connectivity index (χ2n) is 8.40. The second-order valence-corrected chi connectivity index (χ2v) is 9.95. The molecule has 0 aliphatic carbocycles. The molecular weight excluding hydrogens is 400 g/mol. The number of anilines is 1. The van der Waals surface area contributed by atoms with Crippen molar-refractivity contribution in [1.29, 1.82) is 0 Å². The van der Waals surface area contributed by atoms with Gasteiger partial charge in [-0.05, 0) is 34.4 Å². The molecule has 164 valence electrons. The summed E-state index contributed by atoms with van der Waals surface area (Å²) >= 11 is 0. The molecule has 1 amide bonds. The first-order valence-electron chi connectivity index (χ1n) is 10.2. The number of hydrogen-bond donors (Lipinski definition) is 2. The van der Waals surface area contributed by atoms with Gasteiger partial charge in [0.1, 0.15) is 0 Å². The van der Waals surface area contributed by atoms with Crippen molar-refractivity contribution in [3.63, 3.8) is 0 Å². The molecule has 2 aromatic carbocycles. The lowest BCUT2D eigenvalue weighted by Crippen LogP contribution is -2.47. The van der Waals surface area contributed by atoms with Crippen molar-refractivity contribution in [2.45, 2.75) is 59.4 Å². The standard InChI is InChI=1S/C23H32N2O4S/c1-15(2)19-13-10-14-20(16(3)4)22(19)25(23(26)27)30(28,29)24-21(17(5)6)18-11-8-7-9-12-18/h7-17,21,24H,1-6H3,(H,26,27). The molecule has 0 aromatic heterocycles. The van der Waals surface area contributed by atoms with Gasteiger partial charge in [-0.15, -0.1) is 0 Å². The molecule has 0 fully saturated rings. The average Bonchev–Trinajstić information content (AvgIpc) is 2.66. The van der Waals surface area contributed by atoms with Crippen LogP contribution in [0.2, 0.25) is 0 Å². The molecule has 0 radical (unpaired) electrons. The van der Waals surface area contributed by atoms with Crippen LogP contribution in [0.3, 0.4) is 0 Å². The molecule has 0 bridgehead atoms. The normalized spacial score (nSPS) is 13.1. The summed E-state index contributed by atoms with van der Waals surface area (Å²) in [4.78, 5) is 12.3. The van der Waals surface area contributed by atoms with Gasteiger partial charge in [-0.3, -0.25) is 0 Å². The van der Waals surface area contributed by atoms with Crippen molar-refractivity contribution in [1.82, 2.24) is 4.72 Å². The Morgan fingerprint density at radius 3 is 1.77 bits per heavy atom. The van der Waals surface area contributed by atoms with Crippen LogP contribution in [-0.2, 0) is 10.2 Å². The van der Waals surface area contributed by atoms with Crippen LogP contribution in [0.25, 0.3) is 0 Å². The summed E-state index contributed by atoms with van der Waals surface area (Å²) in [7, 11) is -4.40. The van der Waals surface area contributed by atoms with Crippen LogP contribution >= 0.6 is 0 Å². The summed E-state index contributed by atoms with van der Waals surface area (Å²) < 4.78 is 30.0. The van der Waals surface area contributed by atoms with Crippen molar-refractivity contribution in [3.05, 3.63) is 65.2 Å². The zero-order valence-electron chi connectivity index (χ0n) is 18.5. The van der Waals surface area contributed by atoms with Crippen LogP contribution in [-0.4, -0.2) is 19.6 Å². The molecule has 7 heteroatoms. The van der Waals surface area contributed by atoms with Crippen molar-refractivity contribution in [2.75, 3.05) is 4.31 Å². The molecule has 0 spiro atoms. The number of para-hydroxylation sites is 1. The van der Waals surface area contributed by atoms with E-state index in [1.165, 1.54) is 0 Å². The van der Waals surface area contributed by atoms with Gasteiger partial charge in [0, 0.05) is 0 Å². The fourth-order valence-electron chi connectivity index (χ4n) is 3.53. The Labute approximate surface area is 180 Å². The summed E-state index contributed by atoms with van der Waals surface area (Å²) in [5.41, 5.74) is 2.35. The zero-order chi connectivity index (χ0) is 22.6. The number of hydrogen-bond acceptors (Lipinski definition) is 3. The van der Waals surface area contributed by atoms with Gasteiger partial charge in [-0.25, -0.2) is 4.79 Å². The van der Waals surface area contributed by atoms with Crippen molar-refractivity contribution in [2.24, 2.45) is 5.92 Å². The van der Waals surface area contributed by atoms with E-state index < -0.39 is 22.3 Å². The molecule has 0 saturated carbocycles. The molecule has 2 N–H and O–H groups in total. The van der Waals surface area contributed by atoms with E-state index in [9.17, 15) is 18.3 Å². The third-order valence-corrected chi connectivity index (χ3v) is 6.43. The lowest BCUT2D eigenvalue weighted by Gasteiger charge is -2.30. The minimum Gasteiger partial charge on any atom is -0.464 e. The monoisotopic (exact) mass is 432 g/mol. The van der Waals surface area contributed by atoms with Gasteiger partial charge in [0.25, 0.3) is 0 Å². The van der Waals surface area contributed by atoms with E-state index in [4.69, 9.17) is 0 Å². The van der Waals surface area contributed by atoms with E-state index in [-0.39, 0.29) is 23.4 Å². The molecule has 6 nitrogen and oxygen atoms in total. The summed E-state index contributed by atoms with van der Waals surface area (Å²) in [6.45, 7) is 11.5. The molecular formula is C23H32N2O4S. The molecule has 1 atom stereocenters. The Morgan fingerprint density at radius 1 is 0.867 bits per heavy atom. The number of amides is 1. The Hall–Kier alpha value is -2.38. The third-order valence-electron chi connectivity index (χ3n) is 5.06. The van der Waals surface area contributed by atoms with Gasteiger partial charge in [-0.2, -0.15) is 17.4 Å². The van der Waals surface area contributed by atoms with E-state index in [0.29, 0.717) is 15.4 Å². The quantitative estimate of drug-likeness (QED) is 0.564. The first-order valence-corrected chi connectivity index (χ1v) is 11.6. The van der Waals surface area contributed by atoms with E-state index >= 15 is 0 Å². The number of carboxylic acid groups (broad SMARTS) is 1. The highest BCUT2D eigenvalue weighted by atomic mass is 32.2. The number of carbonyl (C=O) groups is 1.